The lowest BCUT2D eigenvalue weighted by Crippen LogP contribution is -2.23. The molecule has 0 heterocycles. The van der Waals surface area contributed by atoms with Crippen LogP contribution in [-0.4, -0.2) is 20.9 Å². The van der Waals surface area contributed by atoms with Crippen LogP contribution in [0.25, 0.3) is 0 Å². The Labute approximate surface area is 140 Å². The highest BCUT2D eigenvalue weighted by molar-refractivity contribution is 7.89. The lowest BCUT2D eigenvalue weighted by Gasteiger charge is -2.09. The van der Waals surface area contributed by atoms with Gasteiger partial charge in [-0.1, -0.05) is 6.08 Å². The summed E-state index contributed by atoms with van der Waals surface area (Å²) in [6.07, 6.45) is 1.43. The van der Waals surface area contributed by atoms with Crippen molar-refractivity contribution in [1.29, 1.82) is 0 Å². The Morgan fingerprint density at radius 1 is 1.21 bits per heavy atom. The SMILES string of the molecule is C=CCNS(=O)(=O)c1ccc(C(=O)Nc2ccc(F)cc2C)cc1. The minimum Gasteiger partial charge on any atom is -0.322 e. The standard InChI is InChI=1S/C17H17FN2O3S/c1-3-10-19-24(22,23)15-7-4-13(5-8-15)17(21)20-16-9-6-14(18)11-12(16)2/h3-9,11,19H,1,10H2,2H3,(H,20,21). The first-order valence-corrected chi connectivity index (χ1v) is 8.60. The molecule has 5 nitrogen and oxygen atoms in total. The van der Waals surface area contributed by atoms with Crippen molar-refractivity contribution >= 4 is 21.6 Å². The van der Waals surface area contributed by atoms with Crippen molar-refractivity contribution in [2.24, 2.45) is 0 Å². The number of aryl methyl sites for hydroxylation is 1. The summed E-state index contributed by atoms with van der Waals surface area (Å²) >= 11 is 0. The quantitative estimate of drug-likeness (QED) is 0.788. The third kappa shape index (κ3) is 4.27. The molecule has 1 amide bonds. The highest BCUT2D eigenvalue weighted by atomic mass is 32.2. The number of hydrogen-bond acceptors (Lipinski definition) is 3. The van der Waals surface area contributed by atoms with E-state index >= 15 is 0 Å². The van der Waals surface area contributed by atoms with Gasteiger partial charge in [-0.15, -0.1) is 6.58 Å². The van der Waals surface area contributed by atoms with Crippen LogP contribution in [0.2, 0.25) is 0 Å². The summed E-state index contributed by atoms with van der Waals surface area (Å²) < 4.78 is 39.3. The fourth-order valence-electron chi connectivity index (χ4n) is 2.00. The number of rotatable bonds is 6. The van der Waals surface area contributed by atoms with E-state index in [0.29, 0.717) is 16.8 Å². The van der Waals surface area contributed by atoms with E-state index in [4.69, 9.17) is 0 Å². The molecular formula is C17H17FN2O3S. The van der Waals surface area contributed by atoms with Crippen molar-refractivity contribution in [3.63, 3.8) is 0 Å². The van der Waals surface area contributed by atoms with Gasteiger partial charge in [-0.2, -0.15) is 0 Å². The average Bonchev–Trinajstić information content (AvgIpc) is 2.55. The van der Waals surface area contributed by atoms with Gasteiger partial charge < -0.3 is 5.32 Å². The van der Waals surface area contributed by atoms with Gasteiger partial charge in [0, 0.05) is 17.8 Å². The van der Waals surface area contributed by atoms with Crippen molar-refractivity contribution in [1.82, 2.24) is 4.72 Å². The summed E-state index contributed by atoms with van der Waals surface area (Å²) in [5.74, 6) is -0.792. The van der Waals surface area contributed by atoms with Crippen LogP contribution in [0.1, 0.15) is 15.9 Å². The van der Waals surface area contributed by atoms with Gasteiger partial charge in [-0.05, 0) is 55.0 Å². The average molecular weight is 348 g/mol. The number of halogens is 1. The van der Waals surface area contributed by atoms with Crippen molar-refractivity contribution in [2.75, 3.05) is 11.9 Å². The number of nitrogens with one attached hydrogen (secondary N) is 2. The summed E-state index contributed by atoms with van der Waals surface area (Å²) in [5, 5.41) is 2.66. The van der Waals surface area contributed by atoms with Gasteiger partial charge in [0.1, 0.15) is 5.82 Å². The van der Waals surface area contributed by atoms with Gasteiger partial charge in [0.2, 0.25) is 10.0 Å². The van der Waals surface area contributed by atoms with Crippen molar-refractivity contribution in [3.05, 3.63) is 72.1 Å². The van der Waals surface area contributed by atoms with Crippen LogP contribution in [0.4, 0.5) is 10.1 Å². The molecular weight excluding hydrogens is 331 g/mol. The number of anilines is 1. The number of benzene rings is 2. The van der Waals surface area contributed by atoms with E-state index in [1.165, 1.54) is 48.5 Å². The number of carbonyl (C=O) groups excluding carboxylic acids is 1. The first-order valence-electron chi connectivity index (χ1n) is 7.11. The third-order valence-electron chi connectivity index (χ3n) is 3.28. The summed E-state index contributed by atoms with van der Waals surface area (Å²) in [7, 11) is -3.63. The maximum Gasteiger partial charge on any atom is 0.255 e. The molecule has 0 aromatic heterocycles. The van der Waals surface area contributed by atoms with Gasteiger partial charge in [-0.3, -0.25) is 4.79 Å². The predicted octanol–water partition coefficient (Wildman–Crippen LogP) is 2.85. The van der Waals surface area contributed by atoms with E-state index in [2.05, 4.69) is 16.6 Å². The molecule has 0 radical (unpaired) electrons. The van der Waals surface area contributed by atoms with Crippen LogP contribution >= 0.6 is 0 Å². The van der Waals surface area contributed by atoms with E-state index in [9.17, 15) is 17.6 Å². The van der Waals surface area contributed by atoms with Crippen LogP contribution in [0.5, 0.6) is 0 Å². The predicted molar refractivity (Wildman–Crippen MR) is 90.9 cm³/mol. The summed E-state index contributed by atoms with van der Waals surface area (Å²) in [6.45, 7) is 5.24. The van der Waals surface area contributed by atoms with E-state index in [0.717, 1.165) is 0 Å². The molecule has 0 bridgehead atoms. The number of carbonyl (C=O) groups is 1. The van der Waals surface area contributed by atoms with Gasteiger partial charge in [0.05, 0.1) is 4.90 Å². The summed E-state index contributed by atoms with van der Waals surface area (Å²) in [4.78, 5) is 12.3. The molecule has 2 aromatic rings. The maximum absolute atomic E-state index is 13.1. The van der Waals surface area contributed by atoms with Crippen LogP contribution in [0, 0.1) is 12.7 Å². The molecule has 7 heteroatoms. The van der Waals surface area contributed by atoms with Crippen LogP contribution in [0.3, 0.4) is 0 Å². The second kappa shape index (κ2) is 7.37. The molecule has 2 N–H and O–H groups in total. The Morgan fingerprint density at radius 2 is 1.88 bits per heavy atom. The Morgan fingerprint density at radius 3 is 2.46 bits per heavy atom. The second-order valence-corrected chi connectivity index (χ2v) is 6.85. The molecule has 2 rings (SSSR count). The molecule has 0 saturated carbocycles. The molecule has 0 unspecified atom stereocenters. The zero-order chi connectivity index (χ0) is 17.7. The van der Waals surface area contributed by atoms with Crippen molar-refractivity contribution in [2.45, 2.75) is 11.8 Å². The molecule has 0 saturated heterocycles. The monoisotopic (exact) mass is 348 g/mol. The minimum absolute atomic E-state index is 0.0545. The molecule has 24 heavy (non-hydrogen) atoms. The third-order valence-corrected chi connectivity index (χ3v) is 4.72. The normalized spacial score (nSPS) is 11.1. The first-order chi connectivity index (χ1) is 11.3. The highest BCUT2D eigenvalue weighted by Crippen LogP contribution is 2.17. The summed E-state index contributed by atoms with van der Waals surface area (Å²) in [6, 6.07) is 9.56. The molecule has 2 aromatic carbocycles. The fraction of sp³-hybridized carbons (Fsp3) is 0.118. The first kappa shape index (κ1) is 17.8. The lowest BCUT2D eigenvalue weighted by atomic mass is 10.1. The van der Waals surface area contributed by atoms with Crippen LogP contribution in [0.15, 0.2) is 60.0 Å². The fourth-order valence-corrected chi connectivity index (χ4v) is 3.00. The number of hydrogen-bond donors (Lipinski definition) is 2. The van der Waals surface area contributed by atoms with Crippen molar-refractivity contribution < 1.29 is 17.6 Å². The minimum atomic E-state index is -3.63. The zero-order valence-corrected chi connectivity index (χ0v) is 13.9. The maximum atomic E-state index is 13.1. The topological polar surface area (TPSA) is 75.3 Å². The summed E-state index contributed by atoms with van der Waals surface area (Å²) in [5.41, 5.74) is 1.38. The molecule has 0 atom stereocenters. The van der Waals surface area contributed by atoms with Gasteiger partial charge >= 0.3 is 0 Å². The zero-order valence-electron chi connectivity index (χ0n) is 13.0. The Balaban J connectivity index is 2.15. The second-order valence-electron chi connectivity index (χ2n) is 5.08. The van der Waals surface area contributed by atoms with Crippen LogP contribution in [-0.2, 0) is 10.0 Å². The van der Waals surface area contributed by atoms with Gasteiger partial charge in [-0.25, -0.2) is 17.5 Å². The smallest absolute Gasteiger partial charge is 0.255 e. The Hall–Kier alpha value is -2.51. The molecule has 0 aliphatic heterocycles. The lowest BCUT2D eigenvalue weighted by molar-refractivity contribution is 0.102. The van der Waals surface area contributed by atoms with Crippen molar-refractivity contribution in [3.8, 4) is 0 Å². The van der Waals surface area contributed by atoms with Crippen LogP contribution < -0.4 is 10.0 Å². The largest absolute Gasteiger partial charge is 0.322 e. The molecule has 0 aliphatic rings. The molecule has 126 valence electrons. The highest BCUT2D eigenvalue weighted by Gasteiger charge is 2.14. The van der Waals surface area contributed by atoms with E-state index < -0.39 is 15.9 Å². The van der Waals surface area contributed by atoms with E-state index in [-0.39, 0.29) is 17.3 Å². The van der Waals surface area contributed by atoms with Gasteiger partial charge in [0.25, 0.3) is 5.91 Å². The van der Waals surface area contributed by atoms with Gasteiger partial charge in [0.15, 0.2) is 0 Å². The molecule has 0 fully saturated rings. The van der Waals surface area contributed by atoms with E-state index in [1.807, 2.05) is 0 Å². The van der Waals surface area contributed by atoms with E-state index in [1.54, 1.807) is 6.92 Å². The number of sulfonamides is 1. The molecule has 0 spiro atoms. The molecule has 0 aliphatic carbocycles. The number of amides is 1. The Bertz CT molecular complexity index is 862. The Kier molecular flexibility index (Phi) is 5.48.